The van der Waals surface area contributed by atoms with Crippen LogP contribution in [0.25, 0.3) is 0 Å². The Morgan fingerprint density at radius 1 is 1.19 bits per heavy atom. The van der Waals surface area contributed by atoms with Crippen molar-refractivity contribution in [3.8, 4) is 0 Å². The van der Waals surface area contributed by atoms with Crippen LogP contribution in [0.2, 0.25) is 0 Å². The summed E-state index contributed by atoms with van der Waals surface area (Å²) in [5, 5.41) is 6.89. The van der Waals surface area contributed by atoms with Gasteiger partial charge in [-0.2, -0.15) is 0 Å². The summed E-state index contributed by atoms with van der Waals surface area (Å²) in [4.78, 5) is 14.9. The molecule has 3 fully saturated rings. The molecule has 1 aromatic rings. The zero-order valence-corrected chi connectivity index (χ0v) is 16.4. The molecule has 26 heavy (non-hydrogen) atoms. The van der Waals surface area contributed by atoms with E-state index in [-0.39, 0.29) is 23.9 Å². The summed E-state index contributed by atoms with van der Waals surface area (Å²) < 4.78 is 0. The molecule has 0 aromatic heterocycles. The summed E-state index contributed by atoms with van der Waals surface area (Å²) in [5.74, 6) is 0.605. The Bertz CT molecular complexity index is 590. The van der Waals surface area contributed by atoms with Crippen molar-refractivity contribution in [3.05, 3.63) is 35.9 Å². The van der Waals surface area contributed by atoms with Crippen molar-refractivity contribution in [2.75, 3.05) is 26.2 Å². The number of fused-ring (bicyclic) bond motifs is 1. The number of hydrogen-bond acceptors (Lipinski definition) is 2. The Labute approximate surface area is 163 Å². The number of halogens is 1. The third kappa shape index (κ3) is 4.17. The van der Waals surface area contributed by atoms with Gasteiger partial charge in [0.05, 0.1) is 0 Å². The fraction of sp³-hybridized carbons (Fsp3) is 0.667. The van der Waals surface area contributed by atoms with Gasteiger partial charge in [0.25, 0.3) is 0 Å². The molecule has 3 aliphatic rings. The third-order valence-electron chi connectivity index (χ3n) is 6.65. The fourth-order valence-electron chi connectivity index (χ4n) is 5.09. The average molecular weight is 378 g/mol. The maximum Gasteiger partial charge on any atom is 0.317 e. The van der Waals surface area contributed by atoms with Gasteiger partial charge in [-0.15, -0.1) is 12.4 Å². The lowest BCUT2D eigenvalue weighted by Gasteiger charge is -2.29. The monoisotopic (exact) mass is 377 g/mol. The van der Waals surface area contributed by atoms with Gasteiger partial charge in [-0.25, -0.2) is 4.79 Å². The van der Waals surface area contributed by atoms with Crippen molar-refractivity contribution in [2.45, 2.75) is 51.0 Å². The fourth-order valence-corrected chi connectivity index (χ4v) is 5.09. The minimum absolute atomic E-state index is 0. The topological polar surface area (TPSA) is 44.4 Å². The Balaban J connectivity index is 0.00000196. The van der Waals surface area contributed by atoms with Gasteiger partial charge < -0.3 is 15.5 Å². The first-order chi connectivity index (χ1) is 12.3. The average Bonchev–Trinajstić information content (AvgIpc) is 3.19. The molecule has 2 N–H and O–H groups in total. The van der Waals surface area contributed by atoms with E-state index >= 15 is 0 Å². The second kappa shape index (κ2) is 8.62. The number of likely N-dealkylation sites (tertiary alicyclic amines) is 1. The van der Waals surface area contributed by atoms with Crippen LogP contribution in [0.3, 0.4) is 0 Å². The third-order valence-corrected chi connectivity index (χ3v) is 6.65. The van der Waals surface area contributed by atoms with Crippen molar-refractivity contribution in [3.63, 3.8) is 0 Å². The van der Waals surface area contributed by atoms with Crippen LogP contribution in [-0.4, -0.2) is 43.2 Å². The van der Waals surface area contributed by atoms with Gasteiger partial charge in [0, 0.05) is 37.6 Å². The first-order valence-corrected chi connectivity index (χ1v) is 10.1. The van der Waals surface area contributed by atoms with E-state index < -0.39 is 0 Å². The van der Waals surface area contributed by atoms with Crippen LogP contribution in [0.4, 0.5) is 4.79 Å². The molecule has 4 nitrogen and oxygen atoms in total. The molecule has 2 atom stereocenters. The van der Waals surface area contributed by atoms with E-state index in [9.17, 15) is 4.79 Å². The minimum Gasteiger partial charge on any atom is -0.335 e. The van der Waals surface area contributed by atoms with Crippen molar-refractivity contribution in [1.82, 2.24) is 15.5 Å². The first kappa shape index (κ1) is 19.5. The summed E-state index contributed by atoms with van der Waals surface area (Å²) in [5.41, 5.74) is 1.67. The van der Waals surface area contributed by atoms with E-state index in [0.717, 1.165) is 45.4 Å². The molecule has 2 saturated heterocycles. The van der Waals surface area contributed by atoms with Crippen LogP contribution in [0, 0.1) is 11.3 Å². The predicted octanol–water partition coefficient (Wildman–Crippen LogP) is 3.60. The van der Waals surface area contributed by atoms with Crippen LogP contribution in [0.1, 0.15) is 44.1 Å². The standard InChI is InChI=1S/C21H31N3O.ClH/c25-20(23-19-9-5-2-6-10-19)24-14-18-13-22-15-21(18,16-24)12-11-17-7-3-1-4-8-17;/h1,3-4,7-8,18-19,22H,2,5-6,9-16H2,(H,23,25);1H. The van der Waals surface area contributed by atoms with E-state index in [2.05, 4.69) is 45.9 Å². The minimum atomic E-state index is 0. The zero-order valence-electron chi connectivity index (χ0n) is 15.6. The summed E-state index contributed by atoms with van der Waals surface area (Å²) in [6.45, 7) is 3.94. The number of carbonyl (C=O) groups is 1. The van der Waals surface area contributed by atoms with Gasteiger partial charge in [-0.3, -0.25) is 0 Å². The highest BCUT2D eigenvalue weighted by Gasteiger charge is 2.50. The van der Waals surface area contributed by atoms with Gasteiger partial charge in [-0.1, -0.05) is 49.6 Å². The van der Waals surface area contributed by atoms with Crippen molar-refractivity contribution < 1.29 is 4.79 Å². The largest absolute Gasteiger partial charge is 0.335 e. The van der Waals surface area contributed by atoms with Crippen LogP contribution < -0.4 is 10.6 Å². The Hall–Kier alpha value is -1.26. The second-order valence-electron chi connectivity index (χ2n) is 8.34. The van der Waals surface area contributed by atoms with Crippen LogP contribution >= 0.6 is 12.4 Å². The van der Waals surface area contributed by atoms with E-state index in [1.807, 2.05) is 0 Å². The molecule has 1 aromatic carbocycles. The molecule has 5 heteroatoms. The molecule has 1 aliphatic carbocycles. The molecular weight excluding hydrogens is 346 g/mol. The lowest BCUT2D eigenvalue weighted by Crippen LogP contribution is -2.46. The van der Waals surface area contributed by atoms with Crippen LogP contribution in [0.5, 0.6) is 0 Å². The Kier molecular flexibility index (Phi) is 6.46. The number of amides is 2. The number of aryl methyl sites for hydroxylation is 1. The summed E-state index contributed by atoms with van der Waals surface area (Å²) in [7, 11) is 0. The zero-order chi connectivity index (χ0) is 17.1. The number of hydrogen-bond donors (Lipinski definition) is 2. The molecule has 2 unspecified atom stereocenters. The summed E-state index contributed by atoms with van der Waals surface area (Å²) in [6, 6.07) is 11.3. The molecule has 0 bridgehead atoms. The molecular formula is C21H32ClN3O. The maximum absolute atomic E-state index is 12.8. The lowest BCUT2D eigenvalue weighted by molar-refractivity contribution is 0.190. The molecule has 2 amide bonds. The summed E-state index contributed by atoms with van der Waals surface area (Å²) in [6.07, 6.45) is 8.44. The molecule has 2 aliphatic heterocycles. The predicted molar refractivity (Wildman–Crippen MR) is 108 cm³/mol. The van der Waals surface area contributed by atoms with Crippen molar-refractivity contribution >= 4 is 18.4 Å². The summed E-state index contributed by atoms with van der Waals surface area (Å²) >= 11 is 0. The number of nitrogens with one attached hydrogen (secondary N) is 2. The van der Waals surface area contributed by atoms with E-state index in [1.54, 1.807) is 0 Å². The smallest absolute Gasteiger partial charge is 0.317 e. The van der Waals surface area contributed by atoms with Gasteiger partial charge in [0.1, 0.15) is 0 Å². The van der Waals surface area contributed by atoms with E-state index in [1.165, 1.54) is 31.2 Å². The van der Waals surface area contributed by atoms with Gasteiger partial charge >= 0.3 is 6.03 Å². The van der Waals surface area contributed by atoms with Crippen molar-refractivity contribution in [1.29, 1.82) is 0 Å². The molecule has 4 rings (SSSR count). The van der Waals surface area contributed by atoms with Gasteiger partial charge in [0.15, 0.2) is 0 Å². The highest BCUT2D eigenvalue weighted by Crippen LogP contribution is 2.42. The molecule has 0 spiro atoms. The number of carbonyl (C=O) groups excluding carboxylic acids is 1. The van der Waals surface area contributed by atoms with Crippen LogP contribution in [-0.2, 0) is 6.42 Å². The number of benzene rings is 1. The molecule has 2 heterocycles. The maximum atomic E-state index is 12.8. The highest BCUT2D eigenvalue weighted by atomic mass is 35.5. The second-order valence-corrected chi connectivity index (χ2v) is 8.34. The number of urea groups is 1. The number of rotatable bonds is 4. The Morgan fingerprint density at radius 2 is 1.96 bits per heavy atom. The number of nitrogens with zero attached hydrogens (tertiary/aromatic N) is 1. The normalized spacial score (nSPS) is 28.5. The SMILES string of the molecule is Cl.O=C(NC1CCCCC1)N1CC2CNCC2(CCc2ccccc2)C1. The van der Waals surface area contributed by atoms with Crippen LogP contribution in [0.15, 0.2) is 30.3 Å². The van der Waals surface area contributed by atoms with E-state index in [4.69, 9.17) is 0 Å². The Morgan fingerprint density at radius 3 is 2.73 bits per heavy atom. The van der Waals surface area contributed by atoms with Gasteiger partial charge in [-0.05, 0) is 37.2 Å². The quantitative estimate of drug-likeness (QED) is 0.841. The van der Waals surface area contributed by atoms with Gasteiger partial charge in [0.2, 0.25) is 0 Å². The molecule has 0 radical (unpaired) electrons. The first-order valence-electron chi connectivity index (χ1n) is 10.1. The van der Waals surface area contributed by atoms with Crippen molar-refractivity contribution in [2.24, 2.45) is 11.3 Å². The lowest BCUT2D eigenvalue weighted by atomic mass is 9.76. The van der Waals surface area contributed by atoms with E-state index in [0.29, 0.717) is 12.0 Å². The molecule has 144 valence electrons. The molecule has 1 saturated carbocycles. The highest BCUT2D eigenvalue weighted by molar-refractivity contribution is 5.85.